The second-order valence-electron chi connectivity index (χ2n) is 6.54. The van der Waals surface area contributed by atoms with E-state index in [-0.39, 0.29) is 17.9 Å². The van der Waals surface area contributed by atoms with Gasteiger partial charge in [0.2, 0.25) is 0 Å². The van der Waals surface area contributed by atoms with Gasteiger partial charge in [-0.3, -0.25) is 4.79 Å². The third-order valence-corrected chi connectivity index (χ3v) is 2.95. The van der Waals surface area contributed by atoms with E-state index in [0.717, 1.165) is 6.42 Å². The molecule has 0 bridgehead atoms. The molecule has 4 nitrogen and oxygen atoms in total. The Balaban J connectivity index is 2.38. The summed E-state index contributed by atoms with van der Waals surface area (Å²) in [6, 6.07) is 7.81. The molecule has 0 heterocycles. The van der Waals surface area contributed by atoms with Gasteiger partial charge in [0.15, 0.2) is 6.61 Å². The molecule has 0 atom stereocenters. The molecule has 0 aliphatic rings. The van der Waals surface area contributed by atoms with Crippen LogP contribution in [0.15, 0.2) is 29.4 Å². The molecular weight excluding hydrogens is 264 g/mol. The lowest BCUT2D eigenvalue weighted by Crippen LogP contribution is -2.24. The van der Waals surface area contributed by atoms with Crippen LogP contribution < -0.4 is 10.2 Å². The fraction of sp³-hybridized carbons (Fsp3) is 0.529. The van der Waals surface area contributed by atoms with Crippen molar-refractivity contribution in [1.82, 2.24) is 5.43 Å². The molecule has 0 spiro atoms. The van der Waals surface area contributed by atoms with Crippen LogP contribution in [0.3, 0.4) is 0 Å². The van der Waals surface area contributed by atoms with Crippen molar-refractivity contribution in [3.63, 3.8) is 0 Å². The van der Waals surface area contributed by atoms with E-state index >= 15 is 0 Å². The number of amides is 1. The molecule has 0 saturated heterocycles. The lowest BCUT2D eigenvalue weighted by molar-refractivity contribution is -0.123. The van der Waals surface area contributed by atoms with Crippen LogP contribution in [-0.2, 0) is 10.2 Å². The van der Waals surface area contributed by atoms with Crippen molar-refractivity contribution in [2.45, 2.75) is 46.5 Å². The molecule has 21 heavy (non-hydrogen) atoms. The van der Waals surface area contributed by atoms with Gasteiger partial charge in [0.1, 0.15) is 5.75 Å². The summed E-state index contributed by atoms with van der Waals surface area (Å²) in [4.78, 5) is 11.5. The number of hydrazone groups is 1. The zero-order chi connectivity index (χ0) is 15.9. The van der Waals surface area contributed by atoms with Gasteiger partial charge in [-0.2, -0.15) is 5.10 Å². The fourth-order valence-corrected chi connectivity index (χ4v) is 1.61. The third kappa shape index (κ3) is 6.93. The molecule has 116 valence electrons. The van der Waals surface area contributed by atoms with E-state index in [1.807, 2.05) is 24.3 Å². The quantitative estimate of drug-likeness (QED) is 0.644. The summed E-state index contributed by atoms with van der Waals surface area (Å²) in [5, 5.41) is 3.87. The van der Waals surface area contributed by atoms with E-state index in [2.05, 4.69) is 45.1 Å². The lowest BCUT2D eigenvalue weighted by Gasteiger charge is -2.19. The molecule has 0 aromatic heterocycles. The van der Waals surface area contributed by atoms with Crippen molar-refractivity contribution >= 4 is 12.1 Å². The second-order valence-corrected chi connectivity index (χ2v) is 6.54. The zero-order valence-electron chi connectivity index (χ0n) is 13.6. The maximum atomic E-state index is 11.5. The van der Waals surface area contributed by atoms with Crippen molar-refractivity contribution in [3.8, 4) is 5.75 Å². The molecule has 1 N–H and O–H groups in total. The van der Waals surface area contributed by atoms with E-state index in [1.165, 1.54) is 5.56 Å². The molecule has 0 aliphatic carbocycles. The Morgan fingerprint density at radius 1 is 1.29 bits per heavy atom. The number of nitrogens with zero attached hydrogens (tertiary/aromatic N) is 1. The van der Waals surface area contributed by atoms with Gasteiger partial charge in [0.25, 0.3) is 5.91 Å². The molecule has 0 fully saturated rings. The molecular formula is C17H26N2O2. The molecule has 1 aromatic carbocycles. The van der Waals surface area contributed by atoms with Crippen molar-refractivity contribution in [2.75, 3.05) is 6.61 Å². The maximum absolute atomic E-state index is 11.5. The highest BCUT2D eigenvalue weighted by Crippen LogP contribution is 2.24. The van der Waals surface area contributed by atoms with E-state index in [4.69, 9.17) is 4.74 Å². The Morgan fingerprint density at radius 3 is 2.43 bits per heavy atom. The number of ether oxygens (including phenoxy) is 1. The van der Waals surface area contributed by atoms with Gasteiger partial charge < -0.3 is 4.74 Å². The zero-order valence-corrected chi connectivity index (χ0v) is 13.6. The monoisotopic (exact) mass is 290 g/mol. The van der Waals surface area contributed by atoms with Crippen LogP contribution in [0.25, 0.3) is 0 Å². The number of carbonyl (C=O) groups is 1. The van der Waals surface area contributed by atoms with Crippen LogP contribution in [0.5, 0.6) is 5.75 Å². The predicted molar refractivity (Wildman–Crippen MR) is 86.7 cm³/mol. The highest BCUT2D eigenvalue weighted by Gasteiger charge is 2.13. The molecule has 0 radical (unpaired) electrons. The summed E-state index contributed by atoms with van der Waals surface area (Å²) in [7, 11) is 0. The van der Waals surface area contributed by atoms with Crippen LogP contribution in [0, 0.1) is 5.92 Å². The standard InChI is InChI=1S/C17H26N2O2/c1-13(2)10-11-18-19-16(20)12-21-15-8-6-14(7-9-15)17(3,4)5/h6-9,11,13H,10,12H2,1-5H3,(H,19,20). The predicted octanol–water partition coefficient (Wildman–Crippen LogP) is 3.51. The van der Waals surface area contributed by atoms with Crippen LogP contribution in [0.2, 0.25) is 0 Å². The molecule has 1 amide bonds. The van der Waals surface area contributed by atoms with Crippen LogP contribution in [-0.4, -0.2) is 18.7 Å². The van der Waals surface area contributed by atoms with Gasteiger partial charge >= 0.3 is 0 Å². The summed E-state index contributed by atoms with van der Waals surface area (Å²) in [5.74, 6) is 0.961. The number of benzene rings is 1. The van der Waals surface area contributed by atoms with Crippen LogP contribution in [0.1, 0.15) is 46.6 Å². The van der Waals surface area contributed by atoms with E-state index in [9.17, 15) is 4.79 Å². The van der Waals surface area contributed by atoms with E-state index in [1.54, 1.807) is 6.21 Å². The molecule has 0 saturated carbocycles. The number of hydrogen-bond acceptors (Lipinski definition) is 3. The average Bonchev–Trinajstić information content (AvgIpc) is 2.40. The molecule has 1 rings (SSSR count). The van der Waals surface area contributed by atoms with Crippen molar-refractivity contribution < 1.29 is 9.53 Å². The van der Waals surface area contributed by atoms with E-state index in [0.29, 0.717) is 11.7 Å². The Bertz CT molecular complexity index is 471. The maximum Gasteiger partial charge on any atom is 0.277 e. The Kier molecular flexibility index (Phi) is 6.40. The van der Waals surface area contributed by atoms with Crippen LogP contribution >= 0.6 is 0 Å². The first-order valence-corrected chi connectivity index (χ1v) is 7.32. The third-order valence-electron chi connectivity index (χ3n) is 2.95. The molecule has 4 heteroatoms. The fourth-order valence-electron chi connectivity index (χ4n) is 1.61. The van der Waals surface area contributed by atoms with Gasteiger partial charge in [0, 0.05) is 6.21 Å². The van der Waals surface area contributed by atoms with Gasteiger partial charge in [-0.1, -0.05) is 46.8 Å². The summed E-state index contributed by atoms with van der Waals surface area (Å²) in [6.07, 6.45) is 2.55. The Hall–Kier alpha value is -1.84. The molecule has 0 aliphatic heterocycles. The van der Waals surface area contributed by atoms with Gasteiger partial charge in [-0.05, 0) is 35.4 Å². The van der Waals surface area contributed by atoms with Crippen LogP contribution in [0.4, 0.5) is 0 Å². The normalized spacial score (nSPS) is 11.9. The van der Waals surface area contributed by atoms with Gasteiger partial charge in [0.05, 0.1) is 0 Å². The number of rotatable bonds is 6. The molecule has 0 unspecified atom stereocenters. The summed E-state index contributed by atoms with van der Waals surface area (Å²) in [5.41, 5.74) is 3.80. The second kappa shape index (κ2) is 7.81. The number of nitrogens with one attached hydrogen (secondary N) is 1. The van der Waals surface area contributed by atoms with Crippen molar-refractivity contribution in [3.05, 3.63) is 29.8 Å². The first-order chi connectivity index (χ1) is 9.79. The molecule has 1 aromatic rings. The highest BCUT2D eigenvalue weighted by molar-refractivity contribution is 5.78. The minimum absolute atomic E-state index is 0.0338. The Morgan fingerprint density at radius 2 is 1.90 bits per heavy atom. The summed E-state index contributed by atoms with van der Waals surface area (Å²) < 4.78 is 5.43. The average molecular weight is 290 g/mol. The summed E-state index contributed by atoms with van der Waals surface area (Å²) in [6.45, 7) is 10.6. The number of hydrogen-bond donors (Lipinski definition) is 1. The minimum Gasteiger partial charge on any atom is -0.484 e. The number of carbonyl (C=O) groups excluding carboxylic acids is 1. The minimum atomic E-state index is -0.255. The largest absolute Gasteiger partial charge is 0.484 e. The highest BCUT2D eigenvalue weighted by atomic mass is 16.5. The smallest absolute Gasteiger partial charge is 0.277 e. The van der Waals surface area contributed by atoms with Crippen molar-refractivity contribution in [2.24, 2.45) is 11.0 Å². The first kappa shape index (κ1) is 17.2. The van der Waals surface area contributed by atoms with Crippen molar-refractivity contribution in [1.29, 1.82) is 0 Å². The SMILES string of the molecule is CC(C)CC=NNC(=O)COc1ccc(C(C)(C)C)cc1. The Labute approximate surface area is 127 Å². The van der Waals surface area contributed by atoms with E-state index < -0.39 is 0 Å². The van der Waals surface area contributed by atoms with Gasteiger partial charge in [-0.15, -0.1) is 0 Å². The first-order valence-electron chi connectivity index (χ1n) is 7.32. The topological polar surface area (TPSA) is 50.7 Å². The van der Waals surface area contributed by atoms with Gasteiger partial charge in [-0.25, -0.2) is 5.43 Å². The summed E-state index contributed by atoms with van der Waals surface area (Å²) >= 11 is 0. The lowest BCUT2D eigenvalue weighted by atomic mass is 9.87.